The van der Waals surface area contributed by atoms with Gasteiger partial charge in [-0.3, -0.25) is 4.90 Å². The van der Waals surface area contributed by atoms with Crippen molar-refractivity contribution in [3.63, 3.8) is 0 Å². The highest BCUT2D eigenvalue weighted by Gasteiger charge is 2.14. The Morgan fingerprint density at radius 1 is 1.47 bits per heavy atom. The van der Waals surface area contributed by atoms with Gasteiger partial charge in [-0.25, -0.2) is 0 Å². The summed E-state index contributed by atoms with van der Waals surface area (Å²) >= 11 is 0. The van der Waals surface area contributed by atoms with Crippen LogP contribution in [0.3, 0.4) is 0 Å². The molecule has 1 aromatic rings. The fraction of sp³-hybridized carbons (Fsp3) is 0.600. The normalized spacial score (nSPS) is 12.1. The lowest BCUT2D eigenvalue weighted by Crippen LogP contribution is -2.35. The molecule has 4 heteroatoms. The van der Waals surface area contributed by atoms with Gasteiger partial charge in [0.05, 0.1) is 19.4 Å². The smallest absolute Gasteiger partial charge is 0.122 e. The molecule has 0 saturated heterocycles. The standard InChI is InChI=1S/C15H26N2O2/c1-5-7-17(8-9-18)12-14-13(6-10-19-14)11-16-15(2,3)4/h5-6,10,16,18H,1,7-9,11-12H2,2-4H3. The highest BCUT2D eigenvalue weighted by atomic mass is 16.3. The Morgan fingerprint density at radius 3 is 2.79 bits per heavy atom. The Labute approximate surface area is 116 Å². The van der Waals surface area contributed by atoms with Crippen LogP contribution in [0.15, 0.2) is 29.4 Å². The number of rotatable bonds is 8. The maximum Gasteiger partial charge on any atom is 0.122 e. The van der Waals surface area contributed by atoms with Gasteiger partial charge < -0.3 is 14.8 Å². The summed E-state index contributed by atoms with van der Waals surface area (Å²) in [4.78, 5) is 2.10. The van der Waals surface area contributed by atoms with Crippen molar-refractivity contribution in [3.05, 3.63) is 36.3 Å². The third kappa shape index (κ3) is 6.05. The molecule has 108 valence electrons. The van der Waals surface area contributed by atoms with Crippen molar-refractivity contribution in [1.29, 1.82) is 0 Å². The Morgan fingerprint density at radius 2 is 2.21 bits per heavy atom. The van der Waals surface area contributed by atoms with E-state index in [9.17, 15) is 0 Å². The Bertz CT molecular complexity index is 380. The zero-order valence-corrected chi connectivity index (χ0v) is 12.3. The molecule has 0 amide bonds. The van der Waals surface area contributed by atoms with Crippen LogP contribution in [0.25, 0.3) is 0 Å². The van der Waals surface area contributed by atoms with E-state index < -0.39 is 0 Å². The van der Waals surface area contributed by atoms with Gasteiger partial charge in [0, 0.05) is 30.7 Å². The van der Waals surface area contributed by atoms with E-state index in [0.717, 1.165) is 18.8 Å². The average molecular weight is 266 g/mol. The van der Waals surface area contributed by atoms with Crippen LogP contribution < -0.4 is 5.32 Å². The third-order valence-corrected chi connectivity index (χ3v) is 2.82. The van der Waals surface area contributed by atoms with Crippen molar-refractivity contribution >= 4 is 0 Å². The lowest BCUT2D eigenvalue weighted by molar-refractivity contribution is 0.193. The molecule has 0 aliphatic carbocycles. The molecule has 0 fully saturated rings. The lowest BCUT2D eigenvalue weighted by atomic mass is 10.1. The van der Waals surface area contributed by atoms with Crippen LogP contribution in [0.1, 0.15) is 32.1 Å². The van der Waals surface area contributed by atoms with Gasteiger partial charge in [-0.05, 0) is 26.8 Å². The number of furan rings is 1. The zero-order chi connectivity index (χ0) is 14.3. The minimum absolute atomic E-state index is 0.0838. The summed E-state index contributed by atoms with van der Waals surface area (Å²) in [5.74, 6) is 0.951. The lowest BCUT2D eigenvalue weighted by Gasteiger charge is -2.22. The molecule has 0 atom stereocenters. The average Bonchev–Trinajstić information content (AvgIpc) is 2.73. The molecule has 4 nitrogen and oxygen atoms in total. The van der Waals surface area contributed by atoms with Gasteiger partial charge in [-0.2, -0.15) is 0 Å². The second-order valence-corrected chi connectivity index (χ2v) is 5.72. The zero-order valence-electron chi connectivity index (χ0n) is 12.3. The fourth-order valence-electron chi connectivity index (χ4n) is 1.79. The molecule has 19 heavy (non-hydrogen) atoms. The molecule has 0 aliphatic rings. The fourth-order valence-corrected chi connectivity index (χ4v) is 1.79. The van der Waals surface area contributed by atoms with Crippen molar-refractivity contribution in [1.82, 2.24) is 10.2 Å². The van der Waals surface area contributed by atoms with Crippen molar-refractivity contribution < 1.29 is 9.52 Å². The van der Waals surface area contributed by atoms with Crippen molar-refractivity contribution in [2.75, 3.05) is 19.7 Å². The summed E-state index contributed by atoms with van der Waals surface area (Å²) in [6, 6.07) is 2.00. The van der Waals surface area contributed by atoms with Gasteiger partial charge in [0.25, 0.3) is 0 Å². The molecule has 1 heterocycles. The van der Waals surface area contributed by atoms with E-state index in [1.807, 2.05) is 12.1 Å². The van der Waals surface area contributed by atoms with E-state index in [2.05, 4.69) is 37.6 Å². The summed E-state index contributed by atoms with van der Waals surface area (Å²) in [5.41, 5.74) is 1.25. The van der Waals surface area contributed by atoms with Crippen LogP contribution in [-0.2, 0) is 13.1 Å². The number of nitrogens with one attached hydrogen (secondary N) is 1. The monoisotopic (exact) mass is 266 g/mol. The summed E-state index contributed by atoms with van der Waals surface area (Å²) in [6.07, 6.45) is 3.56. The maximum atomic E-state index is 9.05. The van der Waals surface area contributed by atoms with Crippen molar-refractivity contribution in [3.8, 4) is 0 Å². The van der Waals surface area contributed by atoms with Crippen LogP contribution in [-0.4, -0.2) is 35.2 Å². The van der Waals surface area contributed by atoms with Gasteiger partial charge in [0.1, 0.15) is 5.76 Å². The quantitative estimate of drug-likeness (QED) is 0.708. The summed E-state index contributed by atoms with van der Waals surface area (Å²) in [7, 11) is 0. The SMILES string of the molecule is C=CCN(CCO)Cc1occc1CNC(C)(C)C. The van der Waals surface area contributed by atoms with Gasteiger partial charge in [-0.1, -0.05) is 6.08 Å². The predicted molar refractivity (Wildman–Crippen MR) is 77.9 cm³/mol. The summed E-state index contributed by atoms with van der Waals surface area (Å²) in [6.45, 7) is 13.2. The minimum Gasteiger partial charge on any atom is -0.468 e. The molecule has 1 rings (SSSR count). The number of hydrogen-bond donors (Lipinski definition) is 2. The van der Waals surface area contributed by atoms with Gasteiger partial charge in [0.15, 0.2) is 0 Å². The van der Waals surface area contributed by atoms with Crippen LogP contribution in [0.5, 0.6) is 0 Å². The number of hydrogen-bond acceptors (Lipinski definition) is 4. The molecule has 2 N–H and O–H groups in total. The van der Waals surface area contributed by atoms with Crippen LogP contribution in [0, 0.1) is 0 Å². The van der Waals surface area contributed by atoms with E-state index in [4.69, 9.17) is 9.52 Å². The highest BCUT2D eigenvalue weighted by molar-refractivity contribution is 5.17. The first-order chi connectivity index (χ1) is 8.96. The van der Waals surface area contributed by atoms with E-state index >= 15 is 0 Å². The Hall–Kier alpha value is -1.10. The van der Waals surface area contributed by atoms with Crippen molar-refractivity contribution in [2.45, 2.75) is 39.4 Å². The Balaban J connectivity index is 2.62. The highest BCUT2D eigenvalue weighted by Crippen LogP contribution is 2.14. The topological polar surface area (TPSA) is 48.6 Å². The second-order valence-electron chi connectivity index (χ2n) is 5.72. The van der Waals surface area contributed by atoms with E-state index in [-0.39, 0.29) is 12.1 Å². The predicted octanol–water partition coefficient (Wildman–Crippen LogP) is 2.15. The van der Waals surface area contributed by atoms with Gasteiger partial charge in [-0.15, -0.1) is 6.58 Å². The molecule has 0 saturated carbocycles. The first-order valence-electron chi connectivity index (χ1n) is 6.70. The van der Waals surface area contributed by atoms with E-state index in [1.165, 1.54) is 5.56 Å². The molecule has 0 radical (unpaired) electrons. The van der Waals surface area contributed by atoms with E-state index in [1.54, 1.807) is 6.26 Å². The maximum absolute atomic E-state index is 9.05. The Kier molecular flexibility index (Phi) is 6.28. The summed E-state index contributed by atoms with van der Waals surface area (Å²) in [5, 5.41) is 12.5. The molecular weight excluding hydrogens is 240 g/mol. The van der Waals surface area contributed by atoms with Gasteiger partial charge in [0.2, 0.25) is 0 Å². The molecule has 0 aromatic carbocycles. The first kappa shape index (κ1) is 16.0. The minimum atomic E-state index is 0.0838. The van der Waals surface area contributed by atoms with Gasteiger partial charge >= 0.3 is 0 Å². The molecule has 0 spiro atoms. The molecule has 0 bridgehead atoms. The second kappa shape index (κ2) is 7.48. The molecule has 1 aromatic heterocycles. The van der Waals surface area contributed by atoms with Crippen LogP contribution >= 0.6 is 0 Å². The van der Waals surface area contributed by atoms with Crippen LogP contribution in [0.2, 0.25) is 0 Å². The molecule has 0 aliphatic heterocycles. The van der Waals surface area contributed by atoms with Crippen LogP contribution in [0.4, 0.5) is 0 Å². The molecular formula is C15H26N2O2. The van der Waals surface area contributed by atoms with E-state index in [0.29, 0.717) is 13.1 Å². The number of nitrogens with zero attached hydrogens (tertiary/aromatic N) is 1. The van der Waals surface area contributed by atoms with Crippen molar-refractivity contribution in [2.24, 2.45) is 0 Å². The number of aliphatic hydroxyl groups is 1. The number of aliphatic hydroxyl groups excluding tert-OH is 1. The summed E-state index contributed by atoms with van der Waals surface area (Å²) < 4.78 is 5.56. The molecule has 0 unspecified atom stereocenters. The first-order valence-corrected chi connectivity index (χ1v) is 6.70. The largest absolute Gasteiger partial charge is 0.468 e. The third-order valence-electron chi connectivity index (χ3n) is 2.82.